The van der Waals surface area contributed by atoms with Crippen LogP contribution in [0.1, 0.15) is 37.4 Å². The number of rotatable bonds is 9. The molecule has 0 unspecified atom stereocenters. The zero-order valence-electron chi connectivity index (χ0n) is 16.4. The Hall–Kier alpha value is -3.48. The van der Waals surface area contributed by atoms with Crippen LogP contribution in [0.2, 0.25) is 0 Å². The lowest BCUT2D eigenvalue weighted by Gasteiger charge is -2.21. The zero-order valence-corrected chi connectivity index (χ0v) is 16.4. The van der Waals surface area contributed by atoms with Gasteiger partial charge in [-0.05, 0) is 41.7 Å². The zero-order chi connectivity index (χ0) is 21.2. The van der Waals surface area contributed by atoms with Crippen LogP contribution in [-0.4, -0.2) is 23.4 Å². The van der Waals surface area contributed by atoms with Crippen molar-refractivity contribution in [3.63, 3.8) is 0 Å². The molecule has 0 radical (unpaired) electrons. The van der Waals surface area contributed by atoms with Gasteiger partial charge in [-0.25, -0.2) is 4.79 Å². The lowest BCUT2D eigenvalue weighted by Crippen LogP contribution is -2.33. The Kier molecular flexibility index (Phi) is 8.09. The number of non-ortho nitro benzene ring substituents is 1. The third-order valence-electron chi connectivity index (χ3n) is 4.11. The van der Waals surface area contributed by atoms with Gasteiger partial charge >= 0.3 is 5.97 Å². The SMILES string of the molecule is CC(C)C[C@H](NC(=O)COC(=O)/C=C/c1ccc([N+](=O)[O-])cc1)c1ccccc1. The average Bonchev–Trinajstić information content (AvgIpc) is 2.71. The first-order valence-electron chi connectivity index (χ1n) is 9.28. The second-order valence-electron chi connectivity index (χ2n) is 6.95. The summed E-state index contributed by atoms with van der Waals surface area (Å²) in [6.07, 6.45) is 3.41. The first kappa shape index (κ1) is 21.8. The summed E-state index contributed by atoms with van der Waals surface area (Å²) in [5, 5.41) is 13.5. The number of nitro benzene ring substituents is 1. The summed E-state index contributed by atoms with van der Waals surface area (Å²) in [6, 6.07) is 15.2. The van der Waals surface area contributed by atoms with Crippen molar-refractivity contribution in [2.24, 2.45) is 5.92 Å². The Morgan fingerprint density at radius 3 is 2.34 bits per heavy atom. The molecule has 0 bridgehead atoms. The third kappa shape index (κ3) is 7.57. The highest BCUT2D eigenvalue weighted by atomic mass is 16.6. The molecule has 0 spiro atoms. The molecule has 0 saturated carbocycles. The number of nitrogens with zero attached hydrogens (tertiary/aromatic N) is 1. The minimum absolute atomic E-state index is 0.0317. The van der Waals surface area contributed by atoms with E-state index < -0.39 is 10.9 Å². The minimum atomic E-state index is -0.668. The van der Waals surface area contributed by atoms with Crippen LogP contribution in [0.15, 0.2) is 60.7 Å². The summed E-state index contributed by atoms with van der Waals surface area (Å²) in [4.78, 5) is 34.2. The van der Waals surface area contributed by atoms with E-state index in [9.17, 15) is 19.7 Å². The lowest BCUT2D eigenvalue weighted by atomic mass is 9.97. The van der Waals surface area contributed by atoms with Crippen LogP contribution >= 0.6 is 0 Å². The number of ether oxygens (including phenoxy) is 1. The van der Waals surface area contributed by atoms with Gasteiger partial charge in [-0.3, -0.25) is 14.9 Å². The summed E-state index contributed by atoms with van der Waals surface area (Å²) in [5.41, 5.74) is 1.58. The molecular formula is C22H24N2O5. The lowest BCUT2D eigenvalue weighted by molar-refractivity contribution is -0.384. The van der Waals surface area contributed by atoms with E-state index >= 15 is 0 Å². The van der Waals surface area contributed by atoms with Crippen molar-refractivity contribution < 1.29 is 19.2 Å². The summed E-state index contributed by atoms with van der Waals surface area (Å²) < 4.78 is 4.98. The first-order valence-corrected chi connectivity index (χ1v) is 9.28. The van der Waals surface area contributed by atoms with Crippen molar-refractivity contribution in [3.8, 4) is 0 Å². The van der Waals surface area contributed by atoms with Gasteiger partial charge in [-0.1, -0.05) is 44.2 Å². The second-order valence-corrected chi connectivity index (χ2v) is 6.95. The highest BCUT2D eigenvalue weighted by Gasteiger charge is 2.16. The fraction of sp³-hybridized carbons (Fsp3) is 0.273. The van der Waals surface area contributed by atoms with Crippen molar-refractivity contribution in [2.75, 3.05) is 6.61 Å². The summed E-state index contributed by atoms with van der Waals surface area (Å²) >= 11 is 0. The van der Waals surface area contributed by atoms with Gasteiger partial charge in [0.2, 0.25) is 0 Å². The number of nitrogens with one attached hydrogen (secondary N) is 1. The molecule has 0 saturated heterocycles. The fourth-order valence-electron chi connectivity index (χ4n) is 2.73. The molecule has 0 aromatic heterocycles. The smallest absolute Gasteiger partial charge is 0.331 e. The Bertz CT molecular complexity index is 861. The standard InChI is InChI=1S/C22H24N2O5/c1-16(2)14-20(18-6-4-3-5-7-18)23-21(25)15-29-22(26)13-10-17-8-11-19(12-9-17)24(27)28/h3-13,16,20H,14-15H2,1-2H3,(H,23,25)/b13-10+/t20-/m0/s1. The van der Waals surface area contributed by atoms with Crippen LogP contribution in [0.5, 0.6) is 0 Å². The van der Waals surface area contributed by atoms with E-state index in [0.29, 0.717) is 11.5 Å². The number of carbonyl (C=O) groups excluding carboxylic acids is 2. The van der Waals surface area contributed by atoms with Gasteiger partial charge in [0, 0.05) is 18.2 Å². The number of nitro groups is 1. The van der Waals surface area contributed by atoms with Crippen LogP contribution in [0.3, 0.4) is 0 Å². The quantitative estimate of drug-likeness (QED) is 0.298. The number of hydrogen-bond donors (Lipinski definition) is 1. The van der Waals surface area contributed by atoms with E-state index in [4.69, 9.17) is 4.74 Å². The van der Waals surface area contributed by atoms with E-state index in [2.05, 4.69) is 19.2 Å². The Labute approximate surface area is 169 Å². The van der Waals surface area contributed by atoms with E-state index in [0.717, 1.165) is 12.0 Å². The van der Waals surface area contributed by atoms with Gasteiger partial charge in [0.25, 0.3) is 11.6 Å². The molecule has 7 nitrogen and oxygen atoms in total. The maximum atomic E-state index is 12.2. The molecule has 0 aliphatic rings. The number of carbonyl (C=O) groups is 2. The van der Waals surface area contributed by atoms with Gasteiger partial charge in [0.15, 0.2) is 6.61 Å². The molecule has 0 aliphatic carbocycles. The normalized spacial score (nSPS) is 12.0. The maximum Gasteiger partial charge on any atom is 0.331 e. The molecule has 2 aromatic carbocycles. The molecule has 29 heavy (non-hydrogen) atoms. The van der Waals surface area contributed by atoms with E-state index in [1.807, 2.05) is 30.3 Å². The number of amides is 1. The second kappa shape index (κ2) is 10.8. The third-order valence-corrected chi connectivity index (χ3v) is 4.11. The average molecular weight is 396 g/mol. The summed E-state index contributed by atoms with van der Waals surface area (Å²) in [6.45, 7) is 3.76. The number of esters is 1. The predicted octanol–water partition coefficient (Wildman–Crippen LogP) is 4.05. The van der Waals surface area contributed by atoms with Gasteiger partial charge in [-0.2, -0.15) is 0 Å². The molecule has 2 rings (SSSR count). The van der Waals surface area contributed by atoms with E-state index in [-0.39, 0.29) is 24.2 Å². The summed E-state index contributed by atoms with van der Waals surface area (Å²) in [5.74, 6) is -0.664. The van der Waals surface area contributed by atoms with Crippen molar-refractivity contribution >= 4 is 23.6 Å². The molecular weight excluding hydrogens is 372 g/mol. The Morgan fingerprint density at radius 1 is 1.10 bits per heavy atom. The van der Waals surface area contributed by atoms with Crippen molar-refractivity contribution in [3.05, 3.63) is 81.9 Å². The molecule has 2 aromatic rings. The van der Waals surface area contributed by atoms with Gasteiger partial charge in [-0.15, -0.1) is 0 Å². The van der Waals surface area contributed by atoms with Gasteiger partial charge in [0.05, 0.1) is 11.0 Å². The van der Waals surface area contributed by atoms with E-state index in [1.54, 1.807) is 0 Å². The van der Waals surface area contributed by atoms with Crippen molar-refractivity contribution in [1.29, 1.82) is 0 Å². The van der Waals surface area contributed by atoms with Crippen LogP contribution in [0.4, 0.5) is 5.69 Å². The molecule has 7 heteroatoms. The van der Waals surface area contributed by atoms with Crippen LogP contribution in [0, 0.1) is 16.0 Å². The molecule has 0 heterocycles. The maximum absolute atomic E-state index is 12.2. The first-order chi connectivity index (χ1) is 13.8. The highest BCUT2D eigenvalue weighted by molar-refractivity contribution is 5.89. The van der Waals surface area contributed by atoms with Gasteiger partial charge < -0.3 is 10.1 Å². The van der Waals surface area contributed by atoms with Crippen LogP contribution < -0.4 is 5.32 Å². The largest absolute Gasteiger partial charge is 0.452 e. The van der Waals surface area contributed by atoms with E-state index in [1.165, 1.54) is 36.4 Å². The number of hydrogen-bond acceptors (Lipinski definition) is 5. The van der Waals surface area contributed by atoms with Crippen molar-refractivity contribution in [1.82, 2.24) is 5.32 Å². The molecule has 1 amide bonds. The predicted molar refractivity (Wildman–Crippen MR) is 110 cm³/mol. The monoisotopic (exact) mass is 396 g/mol. The van der Waals surface area contributed by atoms with Crippen molar-refractivity contribution in [2.45, 2.75) is 26.3 Å². The molecule has 0 aliphatic heterocycles. The Balaban J connectivity index is 1.86. The van der Waals surface area contributed by atoms with Crippen LogP contribution in [-0.2, 0) is 14.3 Å². The molecule has 152 valence electrons. The molecule has 1 N–H and O–H groups in total. The number of benzene rings is 2. The highest BCUT2D eigenvalue weighted by Crippen LogP contribution is 2.21. The fourth-order valence-corrected chi connectivity index (χ4v) is 2.73. The minimum Gasteiger partial charge on any atom is -0.452 e. The summed E-state index contributed by atoms with van der Waals surface area (Å²) in [7, 11) is 0. The van der Waals surface area contributed by atoms with Gasteiger partial charge in [0.1, 0.15) is 0 Å². The topological polar surface area (TPSA) is 98.5 Å². The molecule has 1 atom stereocenters. The molecule has 0 fully saturated rings. The van der Waals surface area contributed by atoms with Crippen LogP contribution in [0.25, 0.3) is 6.08 Å². The Morgan fingerprint density at radius 2 is 1.76 bits per heavy atom.